The van der Waals surface area contributed by atoms with Crippen molar-refractivity contribution in [1.82, 2.24) is 5.32 Å². The highest BCUT2D eigenvalue weighted by Crippen LogP contribution is 2.15. The average Bonchev–Trinajstić information content (AvgIpc) is 2.31. The van der Waals surface area contributed by atoms with Gasteiger partial charge in [0.15, 0.2) is 0 Å². The van der Waals surface area contributed by atoms with Gasteiger partial charge in [0.1, 0.15) is 6.61 Å². The number of aryl methyl sites for hydroxylation is 1. The normalized spacial score (nSPS) is 10.1. The number of amides is 2. The summed E-state index contributed by atoms with van der Waals surface area (Å²) in [6.45, 7) is 2.32. The van der Waals surface area contributed by atoms with Gasteiger partial charge < -0.3 is 15.8 Å². The van der Waals surface area contributed by atoms with Crippen molar-refractivity contribution in [3.63, 3.8) is 0 Å². The number of nitrogens with one attached hydrogen (secondary N) is 1. The largest absolute Gasteiger partial charge is 0.370 e. The third kappa shape index (κ3) is 4.85. The predicted molar refractivity (Wildman–Crippen MR) is 71.2 cm³/mol. The van der Waals surface area contributed by atoms with E-state index in [1.807, 2.05) is 19.1 Å². The van der Waals surface area contributed by atoms with Gasteiger partial charge in [-0.15, -0.1) is 0 Å². The van der Waals surface area contributed by atoms with Crippen LogP contribution in [0.1, 0.15) is 15.9 Å². The monoisotopic (exact) mass is 314 g/mol. The fraction of sp³-hybridized carbons (Fsp3) is 0.333. The molecule has 0 aliphatic heterocycles. The zero-order valence-corrected chi connectivity index (χ0v) is 11.6. The molecule has 0 saturated heterocycles. The molecule has 0 fully saturated rings. The molecule has 2 amide bonds. The van der Waals surface area contributed by atoms with Crippen LogP contribution >= 0.6 is 15.9 Å². The first kappa shape index (κ1) is 14.7. The summed E-state index contributed by atoms with van der Waals surface area (Å²) in [5.74, 6) is -0.694. The van der Waals surface area contributed by atoms with Gasteiger partial charge in [-0.1, -0.05) is 22.0 Å². The Morgan fingerprint density at radius 3 is 2.83 bits per heavy atom. The molecule has 5 nitrogen and oxygen atoms in total. The van der Waals surface area contributed by atoms with Crippen LogP contribution in [0.5, 0.6) is 0 Å². The Balaban J connectivity index is 2.41. The van der Waals surface area contributed by atoms with Crippen LogP contribution in [0.3, 0.4) is 0 Å². The van der Waals surface area contributed by atoms with Crippen LogP contribution in [-0.4, -0.2) is 31.6 Å². The molecule has 0 saturated carbocycles. The molecule has 1 aromatic rings. The van der Waals surface area contributed by atoms with E-state index in [0.29, 0.717) is 12.1 Å². The molecule has 0 aromatic heterocycles. The third-order valence-electron chi connectivity index (χ3n) is 2.22. The number of rotatable bonds is 6. The lowest BCUT2D eigenvalue weighted by Crippen LogP contribution is -2.29. The highest BCUT2D eigenvalue weighted by Gasteiger charge is 2.08. The van der Waals surface area contributed by atoms with Crippen molar-refractivity contribution in [3.8, 4) is 0 Å². The molecule has 0 spiro atoms. The van der Waals surface area contributed by atoms with E-state index < -0.39 is 5.91 Å². The molecule has 98 valence electrons. The summed E-state index contributed by atoms with van der Waals surface area (Å²) in [6.07, 6.45) is 0. The van der Waals surface area contributed by atoms with Crippen LogP contribution in [0.15, 0.2) is 22.7 Å². The first-order valence-electron chi connectivity index (χ1n) is 5.41. The molecule has 0 unspecified atom stereocenters. The van der Waals surface area contributed by atoms with Crippen molar-refractivity contribution in [3.05, 3.63) is 33.8 Å². The first-order chi connectivity index (χ1) is 8.50. The van der Waals surface area contributed by atoms with Gasteiger partial charge in [0.25, 0.3) is 5.91 Å². The molecule has 0 bridgehead atoms. The lowest BCUT2D eigenvalue weighted by atomic mass is 10.1. The number of hydrogen-bond acceptors (Lipinski definition) is 3. The molecular weight excluding hydrogens is 300 g/mol. The molecule has 0 atom stereocenters. The van der Waals surface area contributed by atoms with Crippen LogP contribution in [0.2, 0.25) is 0 Å². The minimum absolute atomic E-state index is 0.133. The summed E-state index contributed by atoms with van der Waals surface area (Å²) >= 11 is 3.32. The fourth-order valence-corrected chi connectivity index (χ4v) is 1.70. The SMILES string of the molecule is Cc1ccc(Br)cc1C(=O)NCCOCC(N)=O. The molecule has 0 radical (unpaired) electrons. The maximum atomic E-state index is 11.8. The molecule has 0 aliphatic rings. The van der Waals surface area contributed by atoms with Crippen LogP contribution in [0, 0.1) is 6.92 Å². The van der Waals surface area contributed by atoms with E-state index in [-0.39, 0.29) is 19.1 Å². The zero-order valence-electron chi connectivity index (χ0n) is 10.0. The van der Waals surface area contributed by atoms with E-state index in [1.165, 1.54) is 0 Å². The third-order valence-corrected chi connectivity index (χ3v) is 2.71. The Bertz CT molecular complexity index is 449. The molecule has 18 heavy (non-hydrogen) atoms. The number of ether oxygens (including phenoxy) is 1. The Labute approximate surface area is 114 Å². The van der Waals surface area contributed by atoms with Gasteiger partial charge in [-0.2, -0.15) is 0 Å². The Morgan fingerprint density at radius 1 is 1.44 bits per heavy atom. The Hall–Kier alpha value is -1.40. The summed E-state index contributed by atoms with van der Waals surface area (Å²) in [5.41, 5.74) is 6.41. The van der Waals surface area contributed by atoms with Gasteiger partial charge in [0.2, 0.25) is 5.91 Å². The van der Waals surface area contributed by atoms with Crippen molar-refractivity contribution in [2.24, 2.45) is 5.73 Å². The van der Waals surface area contributed by atoms with E-state index in [1.54, 1.807) is 6.07 Å². The van der Waals surface area contributed by atoms with Gasteiger partial charge >= 0.3 is 0 Å². The molecule has 0 aliphatic carbocycles. The molecule has 0 heterocycles. The second-order valence-electron chi connectivity index (χ2n) is 3.73. The summed E-state index contributed by atoms with van der Waals surface area (Å²) < 4.78 is 5.79. The highest BCUT2D eigenvalue weighted by atomic mass is 79.9. The van der Waals surface area contributed by atoms with Crippen LogP contribution in [0.25, 0.3) is 0 Å². The summed E-state index contributed by atoms with van der Waals surface area (Å²) in [5, 5.41) is 2.70. The van der Waals surface area contributed by atoms with Crippen LogP contribution in [-0.2, 0) is 9.53 Å². The van der Waals surface area contributed by atoms with Gasteiger partial charge in [0.05, 0.1) is 6.61 Å². The molecular formula is C12H15BrN2O3. The van der Waals surface area contributed by atoms with Crippen molar-refractivity contribution in [2.75, 3.05) is 19.8 Å². The minimum Gasteiger partial charge on any atom is -0.370 e. The van der Waals surface area contributed by atoms with Gasteiger partial charge in [-0.3, -0.25) is 9.59 Å². The van der Waals surface area contributed by atoms with Gasteiger partial charge in [-0.05, 0) is 24.6 Å². The maximum absolute atomic E-state index is 11.8. The molecule has 3 N–H and O–H groups in total. The number of hydrogen-bond donors (Lipinski definition) is 2. The summed E-state index contributed by atoms with van der Waals surface area (Å²) in [4.78, 5) is 22.2. The standard InChI is InChI=1S/C12H15BrN2O3/c1-8-2-3-9(13)6-10(8)12(17)15-4-5-18-7-11(14)16/h2-3,6H,4-5,7H2,1H3,(H2,14,16)(H,15,17). The highest BCUT2D eigenvalue weighted by molar-refractivity contribution is 9.10. The topological polar surface area (TPSA) is 81.4 Å². The van der Waals surface area contributed by atoms with E-state index in [2.05, 4.69) is 21.2 Å². The van der Waals surface area contributed by atoms with E-state index in [4.69, 9.17) is 10.5 Å². The fourth-order valence-electron chi connectivity index (χ4n) is 1.34. The number of benzene rings is 1. The number of carbonyl (C=O) groups is 2. The average molecular weight is 315 g/mol. The number of primary amides is 1. The van der Waals surface area contributed by atoms with Crippen molar-refractivity contribution < 1.29 is 14.3 Å². The molecule has 1 aromatic carbocycles. The summed E-state index contributed by atoms with van der Waals surface area (Å²) in [6, 6.07) is 5.50. The van der Waals surface area contributed by atoms with E-state index in [0.717, 1.165) is 10.0 Å². The molecule has 6 heteroatoms. The lowest BCUT2D eigenvalue weighted by molar-refractivity contribution is -0.122. The number of nitrogens with two attached hydrogens (primary N) is 1. The Kier molecular flexibility index (Phi) is 5.80. The number of halogens is 1. The van der Waals surface area contributed by atoms with Gasteiger partial charge in [0, 0.05) is 16.6 Å². The van der Waals surface area contributed by atoms with Crippen molar-refractivity contribution in [1.29, 1.82) is 0 Å². The molecule has 1 rings (SSSR count). The second kappa shape index (κ2) is 7.13. The van der Waals surface area contributed by atoms with E-state index >= 15 is 0 Å². The lowest BCUT2D eigenvalue weighted by Gasteiger charge is -2.08. The smallest absolute Gasteiger partial charge is 0.251 e. The minimum atomic E-state index is -0.524. The van der Waals surface area contributed by atoms with Crippen molar-refractivity contribution >= 4 is 27.7 Å². The van der Waals surface area contributed by atoms with Crippen LogP contribution in [0.4, 0.5) is 0 Å². The maximum Gasteiger partial charge on any atom is 0.251 e. The quantitative estimate of drug-likeness (QED) is 0.768. The van der Waals surface area contributed by atoms with Gasteiger partial charge in [-0.25, -0.2) is 0 Å². The Morgan fingerprint density at radius 2 is 2.17 bits per heavy atom. The predicted octanol–water partition coefficient (Wildman–Crippen LogP) is 0.989. The zero-order chi connectivity index (χ0) is 13.5. The number of carbonyl (C=O) groups excluding carboxylic acids is 2. The van der Waals surface area contributed by atoms with Crippen LogP contribution < -0.4 is 11.1 Å². The first-order valence-corrected chi connectivity index (χ1v) is 6.20. The summed E-state index contributed by atoms with van der Waals surface area (Å²) in [7, 11) is 0. The van der Waals surface area contributed by atoms with E-state index in [9.17, 15) is 9.59 Å². The second-order valence-corrected chi connectivity index (χ2v) is 4.65. The van der Waals surface area contributed by atoms with Crippen molar-refractivity contribution in [2.45, 2.75) is 6.92 Å².